The molecule has 0 unspecified atom stereocenters. The lowest BCUT2D eigenvalue weighted by atomic mass is 9.99. The van der Waals surface area contributed by atoms with Crippen molar-refractivity contribution in [2.75, 3.05) is 0 Å². The highest BCUT2D eigenvalue weighted by Gasteiger charge is 2.11. The maximum atomic E-state index is 11.2. The van der Waals surface area contributed by atoms with Crippen LogP contribution in [-0.4, -0.2) is 11.8 Å². The molecule has 0 atom stereocenters. The summed E-state index contributed by atoms with van der Waals surface area (Å²) in [7, 11) is 0. The fourth-order valence-electron chi connectivity index (χ4n) is 1.73. The van der Waals surface area contributed by atoms with Crippen LogP contribution in [0, 0.1) is 0 Å². The van der Waals surface area contributed by atoms with Crippen LogP contribution in [0.15, 0.2) is 36.4 Å². The number of hydrogen-bond acceptors (Lipinski definition) is 2. The first-order valence-corrected chi connectivity index (χ1v) is 4.72. The number of amides is 2. The Balaban J connectivity index is 2.87. The van der Waals surface area contributed by atoms with E-state index < -0.39 is 11.8 Å². The van der Waals surface area contributed by atoms with Crippen molar-refractivity contribution >= 4 is 22.6 Å². The van der Waals surface area contributed by atoms with Crippen LogP contribution in [0.3, 0.4) is 0 Å². The Hall–Kier alpha value is -2.36. The van der Waals surface area contributed by atoms with Gasteiger partial charge < -0.3 is 11.5 Å². The smallest absolute Gasteiger partial charge is 0.249 e. The SMILES string of the molecule is NC(=O)c1ccc(C(N)=O)c2ccccc12. The molecule has 0 heterocycles. The van der Waals surface area contributed by atoms with Crippen molar-refractivity contribution in [3.8, 4) is 0 Å². The van der Waals surface area contributed by atoms with Gasteiger partial charge in [0.2, 0.25) is 11.8 Å². The minimum absolute atomic E-state index is 0.389. The predicted molar refractivity (Wildman–Crippen MR) is 61.0 cm³/mol. The minimum Gasteiger partial charge on any atom is -0.366 e. The molecule has 4 nitrogen and oxygen atoms in total. The first kappa shape index (κ1) is 10.2. The Morgan fingerprint density at radius 1 is 0.750 bits per heavy atom. The maximum absolute atomic E-state index is 11.2. The zero-order chi connectivity index (χ0) is 11.7. The number of rotatable bonds is 2. The Bertz CT molecular complexity index is 538. The van der Waals surface area contributed by atoms with Gasteiger partial charge in [0.25, 0.3) is 0 Å². The van der Waals surface area contributed by atoms with Crippen molar-refractivity contribution in [3.63, 3.8) is 0 Å². The van der Waals surface area contributed by atoms with Crippen molar-refractivity contribution in [1.82, 2.24) is 0 Å². The molecule has 0 saturated heterocycles. The number of benzene rings is 2. The zero-order valence-electron chi connectivity index (χ0n) is 8.44. The number of primary amides is 2. The highest BCUT2D eigenvalue weighted by atomic mass is 16.1. The van der Waals surface area contributed by atoms with Crippen LogP contribution in [0.2, 0.25) is 0 Å². The van der Waals surface area contributed by atoms with E-state index in [2.05, 4.69) is 0 Å². The van der Waals surface area contributed by atoms with Crippen LogP contribution >= 0.6 is 0 Å². The van der Waals surface area contributed by atoms with Gasteiger partial charge >= 0.3 is 0 Å². The van der Waals surface area contributed by atoms with Crippen LogP contribution < -0.4 is 11.5 Å². The highest BCUT2D eigenvalue weighted by Crippen LogP contribution is 2.22. The third kappa shape index (κ3) is 1.50. The molecular formula is C12H10N2O2. The van der Waals surface area contributed by atoms with Gasteiger partial charge in [0.1, 0.15) is 0 Å². The molecule has 0 bridgehead atoms. The fourth-order valence-corrected chi connectivity index (χ4v) is 1.73. The summed E-state index contributed by atoms with van der Waals surface area (Å²) in [5, 5.41) is 1.29. The Morgan fingerprint density at radius 2 is 1.12 bits per heavy atom. The van der Waals surface area contributed by atoms with Crippen molar-refractivity contribution in [2.45, 2.75) is 0 Å². The Morgan fingerprint density at radius 3 is 1.44 bits per heavy atom. The van der Waals surface area contributed by atoms with E-state index in [1.807, 2.05) is 0 Å². The number of carbonyl (C=O) groups is 2. The van der Waals surface area contributed by atoms with E-state index in [4.69, 9.17) is 11.5 Å². The molecule has 0 aliphatic carbocycles. The van der Waals surface area contributed by atoms with E-state index in [0.29, 0.717) is 21.9 Å². The molecule has 0 radical (unpaired) electrons. The van der Waals surface area contributed by atoms with Crippen molar-refractivity contribution < 1.29 is 9.59 Å². The van der Waals surface area contributed by atoms with Gasteiger partial charge in [-0.05, 0) is 22.9 Å². The van der Waals surface area contributed by atoms with Crippen LogP contribution in [0.25, 0.3) is 10.8 Å². The minimum atomic E-state index is -0.521. The first-order valence-electron chi connectivity index (χ1n) is 4.72. The van der Waals surface area contributed by atoms with Gasteiger partial charge in [-0.15, -0.1) is 0 Å². The van der Waals surface area contributed by atoms with Crippen molar-refractivity contribution in [2.24, 2.45) is 11.5 Å². The number of hydrogen-bond donors (Lipinski definition) is 2. The average Bonchev–Trinajstić information content (AvgIpc) is 2.27. The first-order chi connectivity index (χ1) is 7.61. The summed E-state index contributed by atoms with van der Waals surface area (Å²) in [4.78, 5) is 22.4. The molecule has 2 rings (SSSR count). The van der Waals surface area contributed by atoms with Crippen LogP contribution in [-0.2, 0) is 0 Å². The summed E-state index contributed by atoms with van der Waals surface area (Å²) in [6, 6.07) is 10.1. The Kier molecular flexibility index (Phi) is 2.32. The zero-order valence-corrected chi connectivity index (χ0v) is 8.44. The fraction of sp³-hybridized carbons (Fsp3) is 0. The van der Waals surface area contributed by atoms with Crippen LogP contribution in [0.4, 0.5) is 0 Å². The monoisotopic (exact) mass is 214 g/mol. The number of carbonyl (C=O) groups excluding carboxylic acids is 2. The van der Waals surface area contributed by atoms with Crippen LogP contribution in [0.5, 0.6) is 0 Å². The molecule has 0 fully saturated rings. The van der Waals surface area contributed by atoms with E-state index >= 15 is 0 Å². The van der Waals surface area contributed by atoms with Gasteiger partial charge in [-0.1, -0.05) is 24.3 Å². The molecule has 2 aromatic rings. The molecule has 2 aromatic carbocycles. The average molecular weight is 214 g/mol. The van der Waals surface area contributed by atoms with Crippen LogP contribution in [0.1, 0.15) is 20.7 Å². The van der Waals surface area contributed by atoms with Gasteiger partial charge in [0.05, 0.1) is 0 Å². The van der Waals surface area contributed by atoms with Gasteiger partial charge in [0, 0.05) is 11.1 Å². The molecule has 0 saturated carbocycles. The molecule has 4 heteroatoms. The lowest BCUT2D eigenvalue weighted by Gasteiger charge is -2.06. The third-order valence-electron chi connectivity index (χ3n) is 2.45. The van der Waals surface area contributed by atoms with E-state index in [0.717, 1.165) is 0 Å². The van der Waals surface area contributed by atoms with E-state index in [1.54, 1.807) is 24.3 Å². The highest BCUT2D eigenvalue weighted by molar-refractivity contribution is 6.13. The molecule has 0 aliphatic rings. The second kappa shape index (κ2) is 3.66. The topological polar surface area (TPSA) is 86.2 Å². The Labute approximate surface area is 91.8 Å². The number of nitrogens with two attached hydrogens (primary N) is 2. The lowest BCUT2D eigenvalue weighted by Crippen LogP contribution is -2.15. The molecular weight excluding hydrogens is 204 g/mol. The second-order valence-electron chi connectivity index (χ2n) is 3.43. The quantitative estimate of drug-likeness (QED) is 0.782. The third-order valence-corrected chi connectivity index (χ3v) is 2.45. The molecule has 2 amide bonds. The molecule has 0 spiro atoms. The van der Waals surface area contributed by atoms with Gasteiger partial charge in [0.15, 0.2) is 0 Å². The molecule has 80 valence electrons. The number of fused-ring (bicyclic) bond motifs is 1. The van der Waals surface area contributed by atoms with Gasteiger partial charge in [-0.25, -0.2) is 0 Å². The van der Waals surface area contributed by atoms with E-state index in [1.165, 1.54) is 12.1 Å². The molecule has 16 heavy (non-hydrogen) atoms. The standard InChI is InChI=1S/C12H10N2O2/c13-11(15)9-5-6-10(12(14)16)8-4-2-1-3-7(8)9/h1-6H,(H2,13,15)(H2,14,16). The summed E-state index contributed by atoms with van der Waals surface area (Å²) >= 11 is 0. The predicted octanol–water partition coefficient (Wildman–Crippen LogP) is 1.04. The molecule has 0 aromatic heterocycles. The van der Waals surface area contributed by atoms with E-state index in [-0.39, 0.29) is 0 Å². The normalized spacial score (nSPS) is 10.2. The maximum Gasteiger partial charge on any atom is 0.249 e. The molecule has 4 N–H and O–H groups in total. The lowest BCUT2D eigenvalue weighted by molar-refractivity contribution is 0.0990. The van der Waals surface area contributed by atoms with Crippen molar-refractivity contribution in [1.29, 1.82) is 0 Å². The summed E-state index contributed by atoms with van der Waals surface area (Å²) in [5.41, 5.74) is 11.3. The van der Waals surface area contributed by atoms with Gasteiger partial charge in [-0.3, -0.25) is 9.59 Å². The summed E-state index contributed by atoms with van der Waals surface area (Å²) < 4.78 is 0. The summed E-state index contributed by atoms with van der Waals surface area (Å²) in [5.74, 6) is -1.04. The summed E-state index contributed by atoms with van der Waals surface area (Å²) in [6.07, 6.45) is 0. The molecule has 0 aliphatic heterocycles. The van der Waals surface area contributed by atoms with E-state index in [9.17, 15) is 9.59 Å². The van der Waals surface area contributed by atoms with Crippen molar-refractivity contribution in [3.05, 3.63) is 47.5 Å². The largest absolute Gasteiger partial charge is 0.366 e. The second-order valence-corrected chi connectivity index (χ2v) is 3.43. The summed E-state index contributed by atoms with van der Waals surface area (Å²) in [6.45, 7) is 0. The van der Waals surface area contributed by atoms with Gasteiger partial charge in [-0.2, -0.15) is 0 Å².